The summed E-state index contributed by atoms with van der Waals surface area (Å²) < 4.78 is 5.61. The molecule has 1 aromatic carbocycles. The van der Waals surface area contributed by atoms with Crippen molar-refractivity contribution in [2.75, 3.05) is 6.61 Å². The summed E-state index contributed by atoms with van der Waals surface area (Å²) in [6.07, 6.45) is 0.743. The summed E-state index contributed by atoms with van der Waals surface area (Å²) in [7, 11) is 0. The lowest BCUT2D eigenvalue weighted by atomic mass is 9.64. The maximum Gasteiger partial charge on any atom is 0.119 e. The minimum atomic E-state index is -0.490. The fraction of sp³-hybridized carbons (Fsp3) is 0.533. The Balaban J connectivity index is 2.06. The van der Waals surface area contributed by atoms with Crippen molar-refractivity contribution in [3.05, 3.63) is 29.8 Å². The molecule has 1 fully saturated rings. The van der Waals surface area contributed by atoms with Gasteiger partial charge >= 0.3 is 0 Å². The number of nitrogens with zero attached hydrogens (tertiary/aromatic N) is 1. The number of benzene rings is 1. The molecule has 0 heterocycles. The Hall–Kier alpha value is -1.53. The van der Waals surface area contributed by atoms with Gasteiger partial charge in [-0.05, 0) is 36.5 Å². The van der Waals surface area contributed by atoms with Crippen molar-refractivity contribution >= 4 is 0 Å². The third-order valence-electron chi connectivity index (χ3n) is 3.37. The third kappa shape index (κ3) is 2.49. The van der Waals surface area contributed by atoms with Gasteiger partial charge in [0.2, 0.25) is 0 Å². The van der Waals surface area contributed by atoms with E-state index >= 15 is 0 Å². The fourth-order valence-corrected chi connectivity index (χ4v) is 2.27. The SMILES string of the molecule is CC(C)COc1ccc(C2(C#N)CC(O)C2)cc1. The first-order valence-corrected chi connectivity index (χ1v) is 6.38. The van der Waals surface area contributed by atoms with E-state index < -0.39 is 5.41 Å². The van der Waals surface area contributed by atoms with Crippen molar-refractivity contribution in [2.45, 2.75) is 38.2 Å². The molecule has 0 unspecified atom stereocenters. The quantitative estimate of drug-likeness (QED) is 0.887. The summed E-state index contributed by atoms with van der Waals surface area (Å²) in [5.41, 5.74) is 0.489. The van der Waals surface area contributed by atoms with Gasteiger partial charge < -0.3 is 9.84 Å². The molecule has 0 spiro atoms. The summed E-state index contributed by atoms with van der Waals surface area (Å²) in [6.45, 7) is 4.91. The van der Waals surface area contributed by atoms with Crippen LogP contribution in [0.3, 0.4) is 0 Å². The Morgan fingerprint density at radius 3 is 2.44 bits per heavy atom. The molecule has 0 atom stereocenters. The normalized spacial score (nSPS) is 26.5. The standard InChI is InChI=1S/C15H19NO2/c1-11(2)9-18-14-5-3-12(4-6-14)15(10-16)7-13(17)8-15/h3-6,11,13,17H,7-9H2,1-2H3. The highest BCUT2D eigenvalue weighted by molar-refractivity contribution is 5.39. The van der Waals surface area contributed by atoms with Crippen molar-refractivity contribution in [3.8, 4) is 11.8 Å². The van der Waals surface area contributed by atoms with Gasteiger partial charge in [0.1, 0.15) is 5.75 Å². The lowest BCUT2D eigenvalue weighted by Gasteiger charge is -2.40. The Bertz CT molecular complexity index is 439. The van der Waals surface area contributed by atoms with Crippen molar-refractivity contribution in [1.82, 2.24) is 0 Å². The first-order chi connectivity index (χ1) is 8.55. The number of ether oxygens (including phenoxy) is 1. The molecule has 1 aliphatic rings. The van der Waals surface area contributed by atoms with Crippen LogP contribution >= 0.6 is 0 Å². The number of nitriles is 1. The lowest BCUT2D eigenvalue weighted by Crippen LogP contribution is -2.43. The van der Waals surface area contributed by atoms with E-state index in [0.29, 0.717) is 25.4 Å². The lowest BCUT2D eigenvalue weighted by molar-refractivity contribution is 0.0447. The zero-order valence-corrected chi connectivity index (χ0v) is 10.9. The van der Waals surface area contributed by atoms with E-state index in [2.05, 4.69) is 19.9 Å². The molecule has 0 aliphatic heterocycles. The number of hydrogen-bond acceptors (Lipinski definition) is 3. The van der Waals surface area contributed by atoms with E-state index in [9.17, 15) is 10.4 Å². The molecular weight excluding hydrogens is 226 g/mol. The van der Waals surface area contributed by atoms with Gasteiger partial charge in [-0.3, -0.25) is 0 Å². The summed E-state index contributed by atoms with van der Waals surface area (Å²) in [5.74, 6) is 1.33. The highest BCUT2D eigenvalue weighted by Crippen LogP contribution is 2.43. The molecule has 3 nitrogen and oxygen atoms in total. The molecule has 0 radical (unpaired) electrons. The maximum atomic E-state index is 9.40. The van der Waals surface area contributed by atoms with E-state index in [-0.39, 0.29) is 6.10 Å². The largest absolute Gasteiger partial charge is 0.493 e. The molecule has 0 aromatic heterocycles. The Kier molecular flexibility index (Phi) is 3.58. The monoisotopic (exact) mass is 245 g/mol. The van der Waals surface area contributed by atoms with E-state index in [1.165, 1.54) is 0 Å². The van der Waals surface area contributed by atoms with Crippen LogP contribution in [0.1, 0.15) is 32.3 Å². The number of hydrogen-bond donors (Lipinski definition) is 1. The van der Waals surface area contributed by atoms with Gasteiger partial charge in [-0.15, -0.1) is 0 Å². The van der Waals surface area contributed by atoms with Gasteiger partial charge in [0.15, 0.2) is 0 Å². The average molecular weight is 245 g/mol. The predicted octanol–water partition coefficient (Wildman–Crippen LogP) is 2.64. The molecule has 3 heteroatoms. The van der Waals surface area contributed by atoms with E-state index in [1.807, 2.05) is 24.3 Å². The Labute approximate surface area is 108 Å². The Morgan fingerprint density at radius 2 is 2.00 bits per heavy atom. The average Bonchev–Trinajstić information content (AvgIpc) is 2.33. The zero-order valence-electron chi connectivity index (χ0n) is 10.9. The van der Waals surface area contributed by atoms with Crippen LogP contribution < -0.4 is 4.74 Å². The minimum Gasteiger partial charge on any atom is -0.493 e. The van der Waals surface area contributed by atoms with E-state index in [0.717, 1.165) is 11.3 Å². The highest BCUT2D eigenvalue weighted by atomic mass is 16.5. The fourth-order valence-electron chi connectivity index (χ4n) is 2.27. The summed E-state index contributed by atoms with van der Waals surface area (Å²) in [4.78, 5) is 0. The molecule has 1 aliphatic carbocycles. The Morgan fingerprint density at radius 1 is 1.39 bits per heavy atom. The van der Waals surface area contributed by atoms with Crippen LogP contribution in [-0.2, 0) is 5.41 Å². The summed E-state index contributed by atoms with van der Waals surface area (Å²) >= 11 is 0. The summed E-state index contributed by atoms with van der Waals surface area (Å²) in [5, 5.41) is 18.7. The van der Waals surface area contributed by atoms with Crippen LogP contribution in [0, 0.1) is 17.2 Å². The summed E-state index contributed by atoms with van der Waals surface area (Å²) in [6, 6.07) is 10.0. The molecule has 96 valence electrons. The van der Waals surface area contributed by atoms with Gasteiger partial charge in [-0.2, -0.15) is 5.26 Å². The minimum absolute atomic E-state index is 0.332. The molecule has 1 saturated carbocycles. The maximum absolute atomic E-state index is 9.40. The molecule has 0 amide bonds. The molecule has 1 aromatic rings. The van der Waals surface area contributed by atoms with Crippen LogP contribution in [0.2, 0.25) is 0 Å². The van der Waals surface area contributed by atoms with Gasteiger partial charge in [-0.25, -0.2) is 0 Å². The van der Waals surface area contributed by atoms with Crippen LogP contribution in [0.5, 0.6) is 5.75 Å². The zero-order chi connectivity index (χ0) is 13.2. The van der Waals surface area contributed by atoms with Gasteiger partial charge in [0, 0.05) is 0 Å². The van der Waals surface area contributed by atoms with Gasteiger partial charge in [-0.1, -0.05) is 26.0 Å². The number of rotatable bonds is 4. The number of aliphatic hydroxyl groups excluding tert-OH is 1. The van der Waals surface area contributed by atoms with E-state index in [1.54, 1.807) is 0 Å². The van der Waals surface area contributed by atoms with Crippen LogP contribution in [-0.4, -0.2) is 17.8 Å². The second-order valence-electron chi connectivity index (χ2n) is 5.49. The van der Waals surface area contributed by atoms with E-state index in [4.69, 9.17) is 4.74 Å². The predicted molar refractivity (Wildman–Crippen MR) is 69.3 cm³/mol. The molecule has 0 bridgehead atoms. The van der Waals surface area contributed by atoms with Gasteiger partial charge in [0.25, 0.3) is 0 Å². The van der Waals surface area contributed by atoms with Crippen LogP contribution in [0.15, 0.2) is 24.3 Å². The van der Waals surface area contributed by atoms with Crippen molar-refractivity contribution in [2.24, 2.45) is 5.92 Å². The third-order valence-corrected chi connectivity index (χ3v) is 3.37. The second kappa shape index (κ2) is 4.99. The van der Waals surface area contributed by atoms with Crippen molar-refractivity contribution in [3.63, 3.8) is 0 Å². The van der Waals surface area contributed by atoms with Gasteiger partial charge in [0.05, 0.1) is 24.2 Å². The number of aliphatic hydroxyl groups is 1. The molecule has 0 saturated heterocycles. The highest BCUT2D eigenvalue weighted by Gasteiger charge is 2.45. The van der Waals surface area contributed by atoms with Crippen molar-refractivity contribution < 1.29 is 9.84 Å². The second-order valence-corrected chi connectivity index (χ2v) is 5.49. The van der Waals surface area contributed by atoms with Crippen molar-refractivity contribution in [1.29, 1.82) is 5.26 Å². The topological polar surface area (TPSA) is 53.2 Å². The van der Waals surface area contributed by atoms with Crippen LogP contribution in [0.25, 0.3) is 0 Å². The molecule has 1 N–H and O–H groups in total. The molecular formula is C15H19NO2. The molecule has 2 rings (SSSR count). The first kappa shape index (κ1) is 12.9. The van der Waals surface area contributed by atoms with Crippen LogP contribution in [0.4, 0.5) is 0 Å². The first-order valence-electron chi connectivity index (χ1n) is 6.38. The smallest absolute Gasteiger partial charge is 0.119 e. The molecule has 18 heavy (non-hydrogen) atoms.